The summed E-state index contributed by atoms with van der Waals surface area (Å²) in [5, 5.41) is 11.2. The zero-order valence-electron chi connectivity index (χ0n) is 12.0. The van der Waals surface area contributed by atoms with Crippen LogP contribution in [0.3, 0.4) is 0 Å². The summed E-state index contributed by atoms with van der Waals surface area (Å²) in [5.74, 6) is -2.95. The Morgan fingerprint density at radius 3 is 2.83 bits per heavy atom. The average molecular weight is 338 g/mol. The number of nitrogens with one attached hydrogen (secondary N) is 1. The van der Waals surface area contributed by atoms with Crippen LogP contribution in [0.5, 0.6) is 0 Å². The van der Waals surface area contributed by atoms with Gasteiger partial charge in [-0.25, -0.2) is 8.78 Å². The highest BCUT2D eigenvalue weighted by Gasteiger charge is 2.36. The Labute approximate surface area is 134 Å². The van der Waals surface area contributed by atoms with Crippen LogP contribution in [0.1, 0.15) is 11.4 Å². The number of rotatable bonds is 3. The van der Waals surface area contributed by atoms with Crippen molar-refractivity contribution in [1.82, 2.24) is 10.2 Å². The highest BCUT2D eigenvalue weighted by Crippen LogP contribution is 2.28. The van der Waals surface area contributed by atoms with E-state index in [2.05, 4.69) is 15.5 Å². The fraction of sp³-hybridized carbons (Fsp3) is 0.286. The molecule has 6 nitrogen and oxygen atoms in total. The van der Waals surface area contributed by atoms with Crippen LogP contribution in [0, 0.1) is 24.5 Å². The van der Waals surface area contributed by atoms with Crippen LogP contribution < -0.4 is 10.2 Å². The van der Waals surface area contributed by atoms with E-state index in [-0.39, 0.29) is 30.5 Å². The van der Waals surface area contributed by atoms with E-state index in [1.807, 2.05) is 0 Å². The molecule has 0 bridgehead atoms. The monoisotopic (exact) mass is 338 g/mol. The molecule has 0 aliphatic carbocycles. The van der Waals surface area contributed by atoms with Gasteiger partial charge in [-0.05, 0) is 19.1 Å². The van der Waals surface area contributed by atoms with Crippen molar-refractivity contribution in [3.05, 3.63) is 34.8 Å². The highest BCUT2D eigenvalue weighted by atomic mass is 32.1. The van der Waals surface area contributed by atoms with Gasteiger partial charge in [0.2, 0.25) is 16.9 Å². The molecule has 0 radical (unpaired) electrons. The summed E-state index contributed by atoms with van der Waals surface area (Å²) < 4.78 is 26.8. The van der Waals surface area contributed by atoms with E-state index in [1.165, 1.54) is 17.4 Å². The molecular weight excluding hydrogens is 326 g/mol. The van der Waals surface area contributed by atoms with Gasteiger partial charge in [-0.2, -0.15) is 0 Å². The number of carbonyl (C=O) groups excluding carboxylic acids is 2. The lowest BCUT2D eigenvalue weighted by molar-refractivity contribution is -0.122. The second-order valence-electron chi connectivity index (χ2n) is 5.12. The number of anilines is 2. The van der Waals surface area contributed by atoms with Crippen LogP contribution in [0.2, 0.25) is 0 Å². The molecule has 1 fully saturated rings. The molecule has 3 rings (SSSR count). The van der Waals surface area contributed by atoms with E-state index in [0.29, 0.717) is 16.2 Å². The SMILES string of the molecule is Cc1nnc(NC(=O)[C@@H]2CC(=O)N(c3ccc(F)cc3F)C2)s1. The molecule has 9 heteroatoms. The van der Waals surface area contributed by atoms with Gasteiger partial charge in [0.1, 0.15) is 16.6 Å². The number of aromatic nitrogens is 2. The second-order valence-corrected chi connectivity index (χ2v) is 6.30. The molecule has 0 saturated carbocycles. The van der Waals surface area contributed by atoms with Crippen molar-refractivity contribution in [2.24, 2.45) is 5.92 Å². The minimum Gasteiger partial charge on any atom is -0.309 e. The minimum absolute atomic E-state index is 0.0292. The molecule has 1 N–H and O–H groups in total. The third kappa shape index (κ3) is 3.19. The Bertz CT molecular complexity index is 780. The predicted octanol–water partition coefficient (Wildman–Crippen LogP) is 2.12. The zero-order valence-corrected chi connectivity index (χ0v) is 12.9. The van der Waals surface area contributed by atoms with Crippen molar-refractivity contribution in [2.45, 2.75) is 13.3 Å². The van der Waals surface area contributed by atoms with E-state index >= 15 is 0 Å². The van der Waals surface area contributed by atoms with E-state index in [0.717, 1.165) is 11.0 Å². The van der Waals surface area contributed by atoms with Crippen LogP contribution in [0.4, 0.5) is 19.6 Å². The first kappa shape index (κ1) is 15.5. The number of hydrogen-bond acceptors (Lipinski definition) is 5. The second kappa shape index (κ2) is 5.99. The van der Waals surface area contributed by atoms with Gasteiger partial charge in [-0.15, -0.1) is 10.2 Å². The lowest BCUT2D eigenvalue weighted by Gasteiger charge is -2.17. The molecule has 23 heavy (non-hydrogen) atoms. The predicted molar refractivity (Wildman–Crippen MR) is 80.1 cm³/mol. The molecule has 1 saturated heterocycles. The number of amides is 2. The van der Waals surface area contributed by atoms with Crippen molar-refractivity contribution < 1.29 is 18.4 Å². The maximum Gasteiger partial charge on any atom is 0.231 e. The molecule has 2 amide bonds. The largest absolute Gasteiger partial charge is 0.309 e. The van der Waals surface area contributed by atoms with Crippen molar-refractivity contribution in [1.29, 1.82) is 0 Å². The number of aryl methyl sites for hydroxylation is 1. The molecule has 1 aromatic heterocycles. The van der Waals surface area contributed by atoms with Crippen molar-refractivity contribution >= 4 is 34.0 Å². The van der Waals surface area contributed by atoms with E-state index < -0.39 is 17.6 Å². The molecule has 1 aliphatic rings. The zero-order chi connectivity index (χ0) is 16.6. The molecule has 0 unspecified atom stereocenters. The standard InChI is InChI=1S/C14H12F2N4O2S/c1-7-18-19-14(23-7)17-13(22)8-4-12(21)20(6-8)11-3-2-9(15)5-10(11)16/h2-3,5,8H,4,6H2,1H3,(H,17,19,22)/t8-/m1/s1. The molecule has 1 atom stereocenters. The van der Waals surface area contributed by atoms with Crippen LogP contribution in [0.15, 0.2) is 18.2 Å². The summed E-state index contributed by atoms with van der Waals surface area (Å²) in [6.07, 6.45) is -0.0412. The normalized spacial score (nSPS) is 17.6. The Morgan fingerprint density at radius 1 is 1.39 bits per heavy atom. The molecule has 2 aromatic rings. The minimum atomic E-state index is -0.834. The summed E-state index contributed by atoms with van der Waals surface area (Å²) in [4.78, 5) is 25.4. The van der Waals surface area contributed by atoms with Gasteiger partial charge in [0.05, 0.1) is 11.6 Å². The van der Waals surface area contributed by atoms with E-state index in [9.17, 15) is 18.4 Å². The number of halogens is 2. The van der Waals surface area contributed by atoms with Crippen LogP contribution in [-0.2, 0) is 9.59 Å². The molecular formula is C14H12F2N4O2S. The topological polar surface area (TPSA) is 75.2 Å². The summed E-state index contributed by atoms with van der Waals surface area (Å²) in [7, 11) is 0. The van der Waals surface area contributed by atoms with Gasteiger partial charge in [-0.3, -0.25) is 9.59 Å². The number of benzene rings is 1. The van der Waals surface area contributed by atoms with Crippen molar-refractivity contribution in [2.75, 3.05) is 16.8 Å². The van der Waals surface area contributed by atoms with Gasteiger partial charge in [0.15, 0.2) is 0 Å². The number of nitrogens with zero attached hydrogens (tertiary/aromatic N) is 3. The first-order valence-electron chi connectivity index (χ1n) is 6.80. The number of carbonyl (C=O) groups is 2. The lowest BCUT2D eigenvalue weighted by atomic mass is 10.1. The van der Waals surface area contributed by atoms with Gasteiger partial charge in [-0.1, -0.05) is 11.3 Å². The first-order valence-corrected chi connectivity index (χ1v) is 7.62. The molecule has 1 aromatic carbocycles. The highest BCUT2D eigenvalue weighted by molar-refractivity contribution is 7.15. The fourth-order valence-electron chi connectivity index (χ4n) is 2.37. The maximum absolute atomic E-state index is 13.8. The average Bonchev–Trinajstić information content (AvgIpc) is 3.05. The van der Waals surface area contributed by atoms with E-state index in [4.69, 9.17) is 0 Å². The summed E-state index contributed by atoms with van der Waals surface area (Å²) in [5.41, 5.74) is -0.0292. The van der Waals surface area contributed by atoms with Crippen molar-refractivity contribution in [3.8, 4) is 0 Å². The third-order valence-electron chi connectivity index (χ3n) is 3.45. The van der Waals surface area contributed by atoms with Crippen LogP contribution >= 0.6 is 11.3 Å². The lowest BCUT2D eigenvalue weighted by Crippen LogP contribution is -2.28. The smallest absolute Gasteiger partial charge is 0.231 e. The summed E-state index contributed by atoms with van der Waals surface area (Å²) >= 11 is 1.22. The van der Waals surface area contributed by atoms with Gasteiger partial charge in [0, 0.05) is 19.0 Å². The quantitative estimate of drug-likeness (QED) is 0.930. The van der Waals surface area contributed by atoms with Crippen molar-refractivity contribution in [3.63, 3.8) is 0 Å². The first-order chi connectivity index (χ1) is 10.9. The fourth-order valence-corrected chi connectivity index (χ4v) is 2.97. The Balaban J connectivity index is 1.73. The van der Waals surface area contributed by atoms with Gasteiger partial charge in [0.25, 0.3) is 0 Å². The third-order valence-corrected chi connectivity index (χ3v) is 4.21. The Kier molecular flexibility index (Phi) is 4.03. The Morgan fingerprint density at radius 2 is 2.17 bits per heavy atom. The summed E-state index contributed by atoms with van der Waals surface area (Å²) in [6, 6.07) is 2.97. The van der Waals surface area contributed by atoms with Gasteiger partial charge >= 0.3 is 0 Å². The van der Waals surface area contributed by atoms with Gasteiger partial charge < -0.3 is 10.2 Å². The number of hydrogen-bond donors (Lipinski definition) is 1. The Hall–Kier alpha value is -2.42. The molecule has 1 aliphatic heterocycles. The van der Waals surface area contributed by atoms with E-state index in [1.54, 1.807) is 6.92 Å². The molecule has 0 spiro atoms. The molecule has 2 heterocycles. The van der Waals surface area contributed by atoms with Crippen LogP contribution in [0.25, 0.3) is 0 Å². The maximum atomic E-state index is 13.8. The van der Waals surface area contributed by atoms with Crippen LogP contribution in [-0.4, -0.2) is 28.6 Å². The molecule has 120 valence electrons. The summed E-state index contributed by atoms with van der Waals surface area (Å²) in [6.45, 7) is 1.79.